The molecule has 9 rings (SSSR count). The number of hydrogen-bond donors (Lipinski definition) is 0. The topological polar surface area (TPSA) is 164 Å². The lowest BCUT2D eigenvalue weighted by Crippen LogP contribution is -2.46. The summed E-state index contributed by atoms with van der Waals surface area (Å²) in [6.07, 6.45) is 10.3. The third kappa shape index (κ3) is 8.58. The van der Waals surface area contributed by atoms with Crippen molar-refractivity contribution in [1.82, 2.24) is 44.6 Å². The molecule has 15 heteroatoms. The molecule has 6 heterocycles. The van der Waals surface area contributed by atoms with Gasteiger partial charge in [-0.05, 0) is 77.2 Å². The van der Waals surface area contributed by atoms with Crippen molar-refractivity contribution in [3.05, 3.63) is 132 Å². The van der Waals surface area contributed by atoms with Crippen LogP contribution >= 0.6 is 0 Å². The van der Waals surface area contributed by atoms with Crippen LogP contribution in [-0.4, -0.2) is 123 Å². The van der Waals surface area contributed by atoms with E-state index in [1.54, 1.807) is 63.6 Å². The third-order valence-electron chi connectivity index (χ3n) is 11.8. The van der Waals surface area contributed by atoms with Crippen molar-refractivity contribution in [2.75, 3.05) is 54.4 Å². The highest BCUT2D eigenvalue weighted by atomic mass is 16.4. The number of benzene rings is 3. The Morgan fingerprint density at radius 2 is 1.27 bits per heavy atom. The normalized spacial score (nSPS) is 16.6. The fourth-order valence-electron chi connectivity index (χ4n) is 8.48. The molecule has 2 aliphatic rings. The summed E-state index contributed by atoms with van der Waals surface area (Å²) in [6.45, 7) is 1.99. The summed E-state index contributed by atoms with van der Waals surface area (Å²) >= 11 is 0. The molecular weight excluding hydrogens is 799 g/mol. The number of carbonyl (C=O) groups excluding carboxylic acids is 4. The van der Waals surface area contributed by atoms with Gasteiger partial charge < -0.3 is 28.4 Å². The summed E-state index contributed by atoms with van der Waals surface area (Å²) in [4.78, 5) is 69.4. The summed E-state index contributed by atoms with van der Waals surface area (Å²) < 4.78 is 13.6. The molecule has 4 aromatic heterocycles. The number of carbonyl (C=O) groups is 4. The zero-order valence-corrected chi connectivity index (χ0v) is 35.6. The Hall–Kier alpha value is -7.42. The minimum atomic E-state index is -0.230. The van der Waals surface area contributed by atoms with Crippen molar-refractivity contribution in [1.29, 1.82) is 0 Å². The van der Waals surface area contributed by atoms with Crippen LogP contribution in [0.1, 0.15) is 50.8 Å². The smallest absolute Gasteiger partial charge is 0.289 e. The standard InChI is InChI=1S/C48H47N9O6/c1-53(2)47(60)43-23-32-19-30(9-12-41(32)62-43)34-21-36(28-55(26-34)45(58)14-11-38-25-49-16-17-50-38)37-22-35(31-10-13-42-33(20-31)24-44(63-42)48(61)54(3)4)27-56(29-37)46(59)15-18-57-40-8-6-5-7-39(40)51-52-57/h5-10,12-13,16-17,19-25,36-37H,11,14-15,18,26-29H2,1-4H3. The molecule has 2 unspecified atom stereocenters. The van der Waals surface area contributed by atoms with Crippen molar-refractivity contribution in [2.45, 2.75) is 25.8 Å². The molecule has 63 heavy (non-hydrogen) atoms. The molecule has 0 saturated carbocycles. The summed E-state index contributed by atoms with van der Waals surface area (Å²) in [6, 6.07) is 22.9. The van der Waals surface area contributed by atoms with Crippen LogP contribution in [0.25, 0.3) is 44.1 Å². The molecule has 0 N–H and O–H groups in total. The van der Waals surface area contributed by atoms with E-state index in [1.807, 2.05) is 70.5 Å². The fourth-order valence-corrected chi connectivity index (χ4v) is 8.48. The Kier molecular flexibility index (Phi) is 11.2. The molecular formula is C48H47N9O6. The fraction of sp³-hybridized carbons (Fsp3) is 0.292. The number of rotatable bonds is 11. The van der Waals surface area contributed by atoms with Gasteiger partial charge in [0.15, 0.2) is 11.5 Å². The predicted octanol–water partition coefficient (Wildman–Crippen LogP) is 6.22. The zero-order chi connectivity index (χ0) is 43.8. The van der Waals surface area contributed by atoms with Gasteiger partial charge in [0, 0.05) is 108 Å². The first kappa shape index (κ1) is 41.0. The van der Waals surface area contributed by atoms with Gasteiger partial charge in [-0.15, -0.1) is 5.10 Å². The van der Waals surface area contributed by atoms with Crippen LogP contribution in [0, 0.1) is 11.8 Å². The van der Waals surface area contributed by atoms with Crippen molar-refractivity contribution in [3.63, 3.8) is 0 Å². The van der Waals surface area contributed by atoms with Crippen LogP contribution in [0.2, 0.25) is 0 Å². The Labute approximate surface area is 363 Å². The first-order valence-corrected chi connectivity index (χ1v) is 21.0. The van der Waals surface area contributed by atoms with Crippen LogP contribution in [0.15, 0.2) is 112 Å². The Morgan fingerprint density at radius 1 is 0.698 bits per heavy atom. The van der Waals surface area contributed by atoms with E-state index in [1.165, 1.54) is 9.80 Å². The maximum Gasteiger partial charge on any atom is 0.289 e. The van der Waals surface area contributed by atoms with Gasteiger partial charge in [0.05, 0.1) is 17.8 Å². The first-order valence-electron chi connectivity index (χ1n) is 21.0. The number of amides is 4. The summed E-state index contributed by atoms with van der Waals surface area (Å²) in [5, 5.41) is 10.2. The van der Waals surface area contributed by atoms with E-state index in [2.05, 4.69) is 32.4 Å². The van der Waals surface area contributed by atoms with Crippen molar-refractivity contribution >= 4 is 67.7 Å². The molecule has 0 bridgehead atoms. The van der Waals surface area contributed by atoms with E-state index < -0.39 is 0 Å². The van der Waals surface area contributed by atoms with Gasteiger partial charge in [-0.3, -0.25) is 29.1 Å². The predicted molar refractivity (Wildman–Crippen MR) is 237 cm³/mol. The largest absolute Gasteiger partial charge is 0.451 e. The minimum absolute atomic E-state index is 0.0130. The molecule has 4 amide bonds. The molecule has 7 aromatic rings. The molecule has 15 nitrogen and oxygen atoms in total. The Bertz CT molecular complexity index is 2940. The minimum Gasteiger partial charge on any atom is -0.451 e. The second kappa shape index (κ2) is 17.2. The zero-order valence-electron chi connectivity index (χ0n) is 35.6. The highest BCUT2D eigenvalue weighted by Gasteiger charge is 2.34. The number of aryl methyl sites for hydroxylation is 2. The molecule has 0 radical (unpaired) electrons. The molecule has 320 valence electrons. The van der Waals surface area contributed by atoms with Crippen LogP contribution < -0.4 is 0 Å². The second-order valence-corrected chi connectivity index (χ2v) is 16.6. The molecule has 0 aliphatic carbocycles. The molecule has 2 atom stereocenters. The van der Waals surface area contributed by atoms with E-state index in [0.29, 0.717) is 50.3 Å². The SMILES string of the molecule is CN(C)C(=O)c1cc2cc(C3=CC(C4C=C(c5ccc6oc(C(=O)N(C)C)cc6c5)CN(C(=O)CCn5nnc6ccccc65)C4)CN(C(=O)CCc4cnccn4)C3)ccc2o1. The van der Waals surface area contributed by atoms with Crippen LogP contribution in [0.4, 0.5) is 0 Å². The van der Waals surface area contributed by atoms with Gasteiger partial charge >= 0.3 is 0 Å². The second-order valence-electron chi connectivity index (χ2n) is 16.6. The van der Waals surface area contributed by atoms with Gasteiger partial charge in [0.25, 0.3) is 11.8 Å². The summed E-state index contributed by atoms with van der Waals surface area (Å²) in [7, 11) is 6.73. The summed E-state index contributed by atoms with van der Waals surface area (Å²) in [5.74, 6) is -0.355. The third-order valence-corrected chi connectivity index (χ3v) is 11.8. The Morgan fingerprint density at radius 3 is 1.83 bits per heavy atom. The monoisotopic (exact) mass is 845 g/mol. The van der Waals surface area contributed by atoms with E-state index in [-0.39, 0.29) is 59.8 Å². The lowest BCUT2D eigenvalue weighted by Gasteiger charge is -2.40. The lowest BCUT2D eigenvalue weighted by molar-refractivity contribution is -0.133. The lowest BCUT2D eigenvalue weighted by atomic mass is 9.81. The van der Waals surface area contributed by atoms with Gasteiger partial charge in [-0.2, -0.15) is 0 Å². The molecule has 0 spiro atoms. The number of furan rings is 2. The number of fused-ring (bicyclic) bond motifs is 3. The van der Waals surface area contributed by atoms with Crippen molar-refractivity contribution in [2.24, 2.45) is 11.8 Å². The van der Waals surface area contributed by atoms with Gasteiger partial charge in [-0.1, -0.05) is 41.6 Å². The van der Waals surface area contributed by atoms with E-state index >= 15 is 0 Å². The van der Waals surface area contributed by atoms with Crippen LogP contribution in [0.5, 0.6) is 0 Å². The maximum atomic E-state index is 14.3. The quantitative estimate of drug-likeness (QED) is 0.146. The molecule has 0 saturated heterocycles. The summed E-state index contributed by atoms with van der Waals surface area (Å²) in [5.41, 5.74) is 7.27. The van der Waals surface area contributed by atoms with Crippen LogP contribution in [0.3, 0.4) is 0 Å². The number of para-hydroxylation sites is 1. The average molecular weight is 846 g/mol. The van der Waals surface area contributed by atoms with Crippen molar-refractivity contribution in [3.8, 4) is 0 Å². The van der Waals surface area contributed by atoms with Gasteiger partial charge in [0.1, 0.15) is 16.7 Å². The molecule has 3 aromatic carbocycles. The number of nitrogens with zero attached hydrogens (tertiary/aromatic N) is 9. The molecule has 0 fully saturated rings. The average Bonchev–Trinajstić information content (AvgIpc) is 4.06. The highest BCUT2D eigenvalue weighted by molar-refractivity contribution is 5.98. The van der Waals surface area contributed by atoms with Gasteiger partial charge in [-0.25, -0.2) is 4.68 Å². The Balaban J connectivity index is 1.07. The van der Waals surface area contributed by atoms with Crippen molar-refractivity contribution < 1.29 is 28.0 Å². The van der Waals surface area contributed by atoms with Crippen LogP contribution in [-0.2, 0) is 22.6 Å². The first-order chi connectivity index (χ1) is 30.5. The van der Waals surface area contributed by atoms with E-state index in [9.17, 15) is 19.2 Å². The van der Waals surface area contributed by atoms with E-state index in [4.69, 9.17) is 8.83 Å². The number of hydrogen-bond acceptors (Lipinski definition) is 10. The highest BCUT2D eigenvalue weighted by Crippen LogP contribution is 2.36. The van der Waals surface area contributed by atoms with E-state index in [0.717, 1.165) is 49.8 Å². The molecule has 2 aliphatic heterocycles. The maximum absolute atomic E-state index is 14.3. The number of aromatic nitrogens is 5. The van der Waals surface area contributed by atoms with Gasteiger partial charge in [0.2, 0.25) is 11.8 Å².